The van der Waals surface area contributed by atoms with Crippen molar-refractivity contribution >= 4 is 5.69 Å². The Hall–Kier alpha value is -2.36. The van der Waals surface area contributed by atoms with Gasteiger partial charge in [-0.1, -0.05) is 25.5 Å². The third-order valence-corrected chi connectivity index (χ3v) is 3.93. The first-order valence-electron chi connectivity index (χ1n) is 8.20. The predicted molar refractivity (Wildman–Crippen MR) is 91.6 cm³/mol. The van der Waals surface area contributed by atoms with E-state index < -0.39 is 0 Å². The van der Waals surface area contributed by atoms with E-state index in [1.165, 1.54) is 5.56 Å². The van der Waals surface area contributed by atoms with E-state index >= 15 is 0 Å². The Morgan fingerprint density at radius 2 is 2.04 bits per heavy atom. The molecule has 4 nitrogen and oxygen atoms in total. The highest BCUT2D eigenvalue weighted by Gasteiger charge is 2.19. The molecule has 1 unspecified atom stereocenters. The summed E-state index contributed by atoms with van der Waals surface area (Å²) in [5.41, 5.74) is 2.07. The van der Waals surface area contributed by atoms with E-state index in [9.17, 15) is 5.11 Å². The lowest BCUT2D eigenvalue weighted by Crippen LogP contribution is -2.32. The second-order valence-electron chi connectivity index (χ2n) is 5.85. The SMILES string of the molecule is CCCCOc1ccc(CC2CNc3cc(O)ccc3O2)cc1. The number of fused-ring (bicyclic) bond motifs is 1. The molecule has 1 aliphatic rings. The zero-order valence-electron chi connectivity index (χ0n) is 13.4. The minimum absolute atomic E-state index is 0.0823. The quantitative estimate of drug-likeness (QED) is 0.792. The predicted octanol–water partition coefficient (Wildman–Crippen LogP) is 3.99. The summed E-state index contributed by atoms with van der Waals surface area (Å²) < 4.78 is 11.7. The summed E-state index contributed by atoms with van der Waals surface area (Å²) in [5.74, 6) is 1.96. The van der Waals surface area contributed by atoms with Crippen molar-refractivity contribution in [1.29, 1.82) is 0 Å². The molecule has 2 aromatic carbocycles. The maximum absolute atomic E-state index is 9.49. The molecule has 0 amide bonds. The molecular formula is C19H23NO3. The van der Waals surface area contributed by atoms with Crippen molar-refractivity contribution in [3.8, 4) is 17.2 Å². The Balaban J connectivity index is 1.56. The average molecular weight is 313 g/mol. The van der Waals surface area contributed by atoms with Crippen LogP contribution in [0.5, 0.6) is 17.2 Å². The zero-order valence-corrected chi connectivity index (χ0v) is 13.4. The van der Waals surface area contributed by atoms with Crippen molar-refractivity contribution in [2.24, 2.45) is 0 Å². The molecule has 1 atom stereocenters. The van der Waals surface area contributed by atoms with E-state index in [0.717, 1.165) is 49.6 Å². The third kappa shape index (κ3) is 4.09. The number of hydrogen-bond acceptors (Lipinski definition) is 4. The number of benzene rings is 2. The molecule has 0 saturated carbocycles. The van der Waals surface area contributed by atoms with Gasteiger partial charge in [0, 0.05) is 12.5 Å². The fourth-order valence-electron chi connectivity index (χ4n) is 2.64. The molecule has 1 aliphatic heterocycles. The number of phenolic OH excluding ortho intramolecular Hbond substituents is 1. The lowest BCUT2D eigenvalue weighted by atomic mass is 10.1. The first-order chi connectivity index (χ1) is 11.2. The molecule has 0 spiro atoms. The van der Waals surface area contributed by atoms with Crippen LogP contribution >= 0.6 is 0 Å². The molecule has 0 bridgehead atoms. The average Bonchev–Trinajstić information content (AvgIpc) is 2.57. The van der Waals surface area contributed by atoms with Gasteiger partial charge in [-0.15, -0.1) is 0 Å². The van der Waals surface area contributed by atoms with Crippen LogP contribution in [0.4, 0.5) is 5.69 Å². The van der Waals surface area contributed by atoms with Crippen LogP contribution in [0.3, 0.4) is 0 Å². The maximum Gasteiger partial charge on any atom is 0.143 e. The van der Waals surface area contributed by atoms with Crippen molar-refractivity contribution in [2.45, 2.75) is 32.3 Å². The molecular weight excluding hydrogens is 290 g/mol. The third-order valence-electron chi connectivity index (χ3n) is 3.93. The molecule has 23 heavy (non-hydrogen) atoms. The number of phenols is 1. The van der Waals surface area contributed by atoms with Gasteiger partial charge in [-0.3, -0.25) is 0 Å². The van der Waals surface area contributed by atoms with E-state index in [0.29, 0.717) is 0 Å². The molecule has 0 aliphatic carbocycles. The van der Waals surface area contributed by atoms with Crippen LogP contribution in [0, 0.1) is 0 Å². The molecule has 3 rings (SSSR count). The number of anilines is 1. The summed E-state index contributed by atoms with van der Waals surface area (Å²) >= 11 is 0. The van der Waals surface area contributed by atoms with E-state index in [4.69, 9.17) is 9.47 Å². The summed E-state index contributed by atoms with van der Waals surface area (Å²) in [4.78, 5) is 0. The molecule has 0 aromatic heterocycles. The highest BCUT2D eigenvalue weighted by atomic mass is 16.5. The van der Waals surface area contributed by atoms with Gasteiger partial charge in [0.05, 0.1) is 18.8 Å². The minimum atomic E-state index is 0.0823. The van der Waals surface area contributed by atoms with Crippen LogP contribution in [0.15, 0.2) is 42.5 Å². The van der Waals surface area contributed by atoms with Crippen molar-refractivity contribution < 1.29 is 14.6 Å². The Kier molecular flexibility index (Phi) is 4.91. The molecule has 2 aromatic rings. The summed E-state index contributed by atoms with van der Waals surface area (Å²) in [6.07, 6.45) is 3.14. The van der Waals surface area contributed by atoms with Gasteiger partial charge in [0.25, 0.3) is 0 Å². The van der Waals surface area contributed by atoms with Crippen molar-refractivity contribution in [2.75, 3.05) is 18.5 Å². The van der Waals surface area contributed by atoms with Crippen LogP contribution in [0.2, 0.25) is 0 Å². The molecule has 122 valence electrons. The Morgan fingerprint density at radius 1 is 1.22 bits per heavy atom. The van der Waals surface area contributed by atoms with Crippen LogP contribution in [0.1, 0.15) is 25.3 Å². The van der Waals surface area contributed by atoms with Crippen LogP contribution in [0.25, 0.3) is 0 Å². The van der Waals surface area contributed by atoms with Gasteiger partial charge in [-0.05, 0) is 36.2 Å². The molecule has 0 saturated heterocycles. The highest BCUT2D eigenvalue weighted by molar-refractivity contribution is 5.60. The summed E-state index contributed by atoms with van der Waals surface area (Å²) in [6, 6.07) is 13.4. The van der Waals surface area contributed by atoms with Crippen LogP contribution in [-0.4, -0.2) is 24.4 Å². The van der Waals surface area contributed by atoms with Gasteiger partial charge >= 0.3 is 0 Å². The van der Waals surface area contributed by atoms with E-state index in [1.807, 2.05) is 12.1 Å². The van der Waals surface area contributed by atoms with Gasteiger partial charge in [0.15, 0.2) is 0 Å². The Labute approximate surface area is 137 Å². The van der Waals surface area contributed by atoms with Crippen LogP contribution < -0.4 is 14.8 Å². The van der Waals surface area contributed by atoms with Gasteiger partial charge in [0.2, 0.25) is 0 Å². The molecule has 4 heteroatoms. The fraction of sp³-hybridized carbons (Fsp3) is 0.368. The van der Waals surface area contributed by atoms with Crippen molar-refractivity contribution in [3.63, 3.8) is 0 Å². The van der Waals surface area contributed by atoms with Gasteiger partial charge in [-0.25, -0.2) is 0 Å². The lowest BCUT2D eigenvalue weighted by Gasteiger charge is -2.27. The standard InChI is InChI=1S/C19H23NO3/c1-2-3-10-22-16-7-4-14(5-8-16)11-17-13-20-18-12-15(21)6-9-19(18)23-17/h4-9,12,17,20-21H,2-3,10-11,13H2,1H3. The number of nitrogens with one attached hydrogen (secondary N) is 1. The first-order valence-corrected chi connectivity index (χ1v) is 8.20. The van der Waals surface area contributed by atoms with Crippen molar-refractivity contribution in [1.82, 2.24) is 0 Å². The van der Waals surface area contributed by atoms with Gasteiger partial charge < -0.3 is 19.9 Å². The van der Waals surface area contributed by atoms with Gasteiger partial charge in [0.1, 0.15) is 23.4 Å². The Morgan fingerprint density at radius 3 is 2.83 bits per heavy atom. The summed E-state index contributed by atoms with van der Waals surface area (Å²) in [7, 11) is 0. The smallest absolute Gasteiger partial charge is 0.143 e. The summed E-state index contributed by atoms with van der Waals surface area (Å²) in [6.45, 7) is 3.66. The number of rotatable bonds is 6. The number of unbranched alkanes of at least 4 members (excludes halogenated alkanes) is 1. The van der Waals surface area contributed by atoms with Crippen molar-refractivity contribution in [3.05, 3.63) is 48.0 Å². The maximum atomic E-state index is 9.49. The zero-order chi connectivity index (χ0) is 16.1. The molecule has 0 fully saturated rings. The largest absolute Gasteiger partial charge is 0.508 e. The second-order valence-corrected chi connectivity index (χ2v) is 5.85. The van der Waals surface area contributed by atoms with E-state index in [1.54, 1.807) is 18.2 Å². The highest BCUT2D eigenvalue weighted by Crippen LogP contribution is 2.32. The van der Waals surface area contributed by atoms with E-state index in [-0.39, 0.29) is 11.9 Å². The Bertz CT molecular complexity index is 640. The molecule has 1 heterocycles. The fourth-order valence-corrected chi connectivity index (χ4v) is 2.64. The molecule has 2 N–H and O–H groups in total. The van der Waals surface area contributed by atoms with E-state index in [2.05, 4.69) is 24.4 Å². The number of hydrogen-bond donors (Lipinski definition) is 2. The first kappa shape index (κ1) is 15.5. The number of ether oxygens (including phenoxy) is 2. The topological polar surface area (TPSA) is 50.7 Å². The minimum Gasteiger partial charge on any atom is -0.508 e. The van der Waals surface area contributed by atoms with Gasteiger partial charge in [-0.2, -0.15) is 0 Å². The summed E-state index contributed by atoms with van der Waals surface area (Å²) in [5, 5.41) is 12.8. The van der Waals surface area contributed by atoms with Crippen LogP contribution in [-0.2, 0) is 6.42 Å². The number of aromatic hydroxyl groups is 1. The monoisotopic (exact) mass is 313 g/mol. The lowest BCUT2D eigenvalue weighted by molar-refractivity contribution is 0.206. The normalized spacial score (nSPS) is 16.1. The second kappa shape index (κ2) is 7.27. The molecule has 0 radical (unpaired) electrons.